The minimum atomic E-state index is -3.86. The fraction of sp³-hybridized carbons (Fsp3) is 0.385. The molecule has 0 aromatic heterocycles. The Morgan fingerprint density at radius 3 is 2.75 bits per heavy atom. The number of nitrogens with zero attached hydrogens (tertiary/aromatic N) is 1. The van der Waals surface area contributed by atoms with Gasteiger partial charge in [-0.15, -0.1) is 0 Å². The lowest BCUT2D eigenvalue weighted by atomic mass is 10.2. The summed E-state index contributed by atoms with van der Waals surface area (Å²) >= 11 is 5.91. The number of nitrogens with one attached hydrogen (secondary N) is 1. The normalized spacial score (nSPS) is 16.6. The van der Waals surface area contributed by atoms with Crippen LogP contribution in [0.15, 0.2) is 29.2 Å². The summed E-state index contributed by atoms with van der Waals surface area (Å²) in [4.78, 5) is -0.356. The summed E-state index contributed by atoms with van der Waals surface area (Å²) < 4.78 is 40.6. The van der Waals surface area contributed by atoms with Crippen molar-refractivity contribution in [1.82, 2.24) is 9.62 Å². The van der Waals surface area contributed by atoms with E-state index in [0.29, 0.717) is 13.0 Å². The maximum absolute atomic E-state index is 14.4. The summed E-state index contributed by atoms with van der Waals surface area (Å²) in [6, 6.07) is 2.60. The molecule has 1 heterocycles. The van der Waals surface area contributed by atoms with E-state index >= 15 is 0 Å². The molecule has 0 aliphatic carbocycles. The Bertz CT molecular complexity index is 632. The molecular formula is C13H16ClFN2O2S. The Morgan fingerprint density at radius 1 is 1.40 bits per heavy atom. The number of hydrogen-bond donors (Lipinski definition) is 1. The standard InChI is InChI=1S/C13H16ClFN2O2S/c1-16-9-10-7-11(14)8-12(13(10)15)20(18,19)17-5-3-2-4-6-17/h2-3,7-8,16H,4-6,9H2,1H3. The van der Waals surface area contributed by atoms with E-state index in [0.717, 1.165) is 0 Å². The zero-order valence-corrected chi connectivity index (χ0v) is 12.6. The molecule has 0 unspecified atom stereocenters. The van der Waals surface area contributed by atoms with Crippen molar-refractivity contribution in [3.05, 3.63) is 40.7 Å². The summed E-state index contributed by atoms with van der Waals surface area (Å²) in [7, 11) is -2.20. The molecule has 0 spiro atoms. The highest BCUT2D eigenvalue weighted by Crippen LogP contribution is 2.27. The Labute approximate surface area is 123 Å². The predicted molar refractivity (Wildman–Crippen MR) is 76.7 cm³/mol. The molecule has 2 rings (SSSR count). The molecule has 7 heteroatoms. The van der Waals surface area contributed by atoms with Crippen LogP contribution in [0.3, 0.4) is 0 Å². The van der Waals surface area contributed by atoms with Gasteiger partial charge in [-0.2, -0.15) is 4.31 Å². The molecular weight excluding hydrogens is 303 g/mol. The molecule has 110 valence electrons. The average molecular weight is 319 g/mol. The first-order valence-corrected chi connectivity index (χ1v) is 8.06. The zero-order chi connectivity index (χ0) is 14.8. The summed E-state index contributed by atoms with van der Waals surface area (Å²) in [6.45, 7) is 0.830. The first-order chi connectivity index (χ1) is 9.46. The number of benzene rings is 1. The second kappa shape index (κ2) is 6.22. The van der Waals surface area contributed by atoms with E-state index in [9.17, 15) is 12.8 Å². The van der Waals surface area contributed by atoms with Gasteiger partial charge in [0.1, 0.15) is 10.7 Å². The number of halogens is 2. The lowest BCUT2D eigenvalue weighted by molar-refractivity contribution is 0.432. The molecule has 0 radical (unpaired) electrons. The summed E-state index contributed by atoms with van der Waals surface area (Å²) in [5.41, 5.74) is 0.242. The smallest absolute Gasteiger partial charge is 0.246 e. The fourth-order valence-corrected chi connectivity index (χ4v) is 3.95. The maximum Gasteiger partial charge on any atom is 0.246 e. The first-order valence-electron chi connectivity index (χ1n) is 6.24. The second-order valence-electron chi connectivity index (χ2n) is 4.53. The first kappa shape index (κ1) is 15.4. The molecule has 0 atom stereocenters. The van der Waals surface area contributed by atoms with Crippen molar-refractivity contribution in [2.24, 2.45) is 0 Å². The quantitative estimate of drug-likeness (QED) is 0.865. The van der Waals surface area contributed by atoms with Gasteiger partial charge in [-0.25, -0.2) is 12.8 Å². The molecule has 1 aromatic rings. The summed E-state index contributed by atoms with van der Waals surface area (Å²) in [6.07, 6.45) is 4.30. The zero-order valence-electron chi connectivity index (χ0n) is 11.1. The molecule has 4 nitrogen and oxygen atoms in total. The van der Waals surface area contributed by atoms with Crippen LogP contribution in [0.2, 0.25) is 5.02 Å². The molecule has 1 aromatic carbocycles. The SMILES string of the molecule is CNCc1cc(Cl)cc(S(=O)(=O)N2CC=CCC2)c1F. The highest BCUT2D eigenvalue weighted by Gasteiger charge is 2.29. The van der Waals surface area contributed by atoms with Gasteiger partial charge in [-0.05, 0) is 25.6 Å². The second-order valence-corrected chi connectivity index (χ2v) is 6.87. The Kier molecular flexibility index (Phi) is 4.80. The van der Waals surface area contributed by atoms with Crippen LogP contribution in [0.5, 0.6) is 0 Å². The number of sulfonamides is 1. The van der Waals surface area contributed by atoms with Crippen molar-refractivity contribution in [1.29, 1.82) is 0 Å². The summed E-state index contributed by atoms with van der Waals surface area (Å²) in [5.74, 6) is -0.738. The Balaban J connectivity index is 2.48. The third kappa shape index (κ3) is 3.03. The summed E-state index contributed by atoms with van der Waals surface area (Å²) in [5, 5.41) is 3.00. The van der Waals surface area contributed by atoms with Crippen LogP contribution in [-0.2, 0) is 16.6 Å². The van der Waals surface area contributed by atoms with Crippen LogP contribution in [0.1, 0.15) is 12.0 Å². The van der Waals surface area contributed by atoms with Crippen molar-refractivity contribution in [2.45, 2.75) is 17.9 Å². The molecule has 1 N–H and O–H groups in total. The van der Waals surface area contributed by atoms with Crippen molar-refractivity contribution in [2.75, 3.05) is 20.1 Å². The fourth-order valence-electron chi connectivity index (χ4n) is 2.10. The van der Waals surface area contributed by atoms with Crippen LogP contribution >= 0.6 is 11.6 Å². The lowest BCUT2D eigenvalue weighted by Gasteiger charge is -2.23. The third-order valence-corrected chi connectivity index (χ3v) is 5.17. The number of hydrogen-bond acceptors (Lipinski definition) is 3. The van der Waals surface area contributed by atoms with Crippen molar-refractivity contribution in [3.8, 4) is 0 Å². The highest BCUT2D eigenvalue weighted by atomic mass is 35.5. The van der Waals surface area contributed by atoms with E-state index in [1.54, 1.807) is 13.1 Å². The highest BCUT2D eigenvalue weighted by molar-refractivity contribution is 7.89. The van der Waals surface area contributed by atoms with Crippen LogP contribution in [0.25, 0.3) is 0 Å². The minimum Gasteiger partial charge on any atom is -0.316 e. The van der Waals surface area contributed by atoms with E-state index in [-0.39, 0.29) is 28.6 Å². The van der Waals surface area contributed by atoms with Gasteiger partial charge in [-0.1, -0.05) is 23.8 Å². The predicted octanol–water partition coefficient (Wildman–Crippen LogP) is 2.15. The van der Waals surface area contributed by atoms with Gasteiger partial charge < -0.3 is 5.32 Å². The van der Waals surface area contributed by atoms with Crippen LogP contribution in [0, 0.1) is 5.82 Å². The molecule has 1 aliphatic rings. The van der Waals surface area contributed by atoms with Crippen molar-refractivity contribution >= 4 is 21.6 Å². The maximum atomic E-state index is 14.4. The molecule has 1 aliphatic heterocycles. The van der Waals surface area contributed by atoms with E-state index in [1.165, 1.54) is 16.4 Å². The van der Waals surface area contributed by atoms with Crippen LogP contribution in [-0.4, -0.2) is 32.9 Å². The molecule has 0 fully saturated rings. The van der Waals surface area contributed by atoms with Gasteiger partial charge >= 0.3 is 0 Å². The molecule has 0 amide bonds. The lowest BCUT2D eigenvalue weighted by Crippen LogP contribution is -2.34. The van der Waals surface area contributed by atoms with Gasteiger partial charge in [-0.3, -0.25) is 0 Å². The monoisotopic (exact) mass is 318 g/mol. The Hall–Kier alpha value is -0.950. The van der Waals surface area contributed by atoms with E-state index in [2.05, 4.69) is 5.32 Å². The molecule has 0 saturated carbocycles. The van der Waals surface area contributed by atoms with Crippen molar-refractivity contribution < 1.29 is 12.8 Å². The van der Waals surface area contributed by atoms with Gasteiger partial charge in [0.2, 0.25) is 10.0 Å². The topological polar surface area (TPSA) is 49.4 Å². The van der Waals surface area contributed by atoms with Gasteiger partial charge in [0.25, 0.3) is 0 Å². The van der Waals surface area contributed by atoms with Gasteiger partial charge in [0.05, 0.1) is 0 Å². The van der Waals surface area contributed by atoms with Gasteiger partial charge in [0.15, 0.2) is 0 Å². The van der Waals surface area contributed by atoms with E-state index in [4.69, 9.17) is 11.6 Å². The van der Waals surface area contributed by atoms with E-state index in [1.807, 2.05) is 6.08 Å². The molecule has 0 bridgehead atoms. The van der Waals surface area contributed by atoms with Gasteiger partial charge in [0, 0.05) is 30.2 Å². The average Bonchev–Trinajstić information content (AvgIpc) is 2.43. The van der Waals surface area contributed by atoms with Crippen LogP contribution < -0.4 is 5.32 Å². The van der Waals surface area contributed by atoms with Crippen LogP contribution in [0.4, 0.5) is 4.39 Å². The largest absolute Gasteiger partial charge is 0.316 e. The van der Waals surface area contributed by atoms with Crippen molar-refractivity contribution in [3.63, 3.8) is 0 Å². The number of rotatable bonds is 4. The van der Waals surface area contributed by atoms with E-state index < -0.39 is 15.8 Å². The molecule has 20 heavy (non-hydrogen) atoms. The minimum absolute atomic E-state index is 0.211. The third-order valence-electron chi connectivity index (χ3n) is 3.09. The Morgan fingerprint density at radius 2 is 2.15 bits per heavy atom. The molecule has 0 saturated heterocycles.